The second-order valence-corrected chi connectivity index (χ2v) is 3.70. The number of hydrogen-bond acceptors (Lipinski definition) is 4. The lowest BCUT2D eigenvalue weighted by Crippen LogP contribution is -2.03. The van der Waals surface area contributed by atoms with Gasteiger partial charge in [-0.25, -0.2) is 4.79 Å². The fourth-order valence-corrected chi connectivity index (χ4v) is 1.33. The van der Waals surface area contributed by atoms with Gasteiger partial charge in [0.05, 0.1) is 19.4 Å². The summed E-state index contributed by atoms with van der Waals surface area (Å²) in [4.78, 5) is 11.3. The Morgan fingerprint density at radius 3 is 2.89 bits per heavy atom. The minimum absolute atomic E-state index is 0.342. The second kappa shape index (κ2) is 8.17. The quantitative estimate of drug-likeness (QED) is 0.458. The fraction of sp³-hybridized carbons (Fsp3) is 0.357. The molecule has 0 saturated carbocycles. The van der Waals surface area contributed by atoms with E-state index in [4.69, 9.17) is 9.47 Å². The molecular formula is C14H19NO3. The third-order valence-electron chi connectivity index (χ3n) is 2.31. The number of rotatable bonds is 7. The molecule has 0 amide bonds. The zero-order valence-electron chi connectivity index (χ0n) is 10.8. The van der Waals surface area contributed by atoms with Crippen molar-refractivity contribution in [1.82, 2.24) is 0 Å². The van der Waals surface area contributed by atoms with Crippen LogP contribution in [0.4, 0.5) is 5.69 Å². The molecule has 0 atom stereocenters. The Kier molecular flexibility index (Phi) is 6.40. The average molecular weight is 249 g/mol. The second-order valence-electron chi connectivity index (χ2n) is 3.70. The molecule has 0 unspecified atom stereocenters. The summed E-state index contributed by atoms with van der Waals surface area (Å²) in [6, 6.07) is 7.48. The summed E-state index contributed by atoms with van der Waals surface area (Å²) < 4.78 is 10.1. The molecular weight excluding hydrogens is 230 g/mol. The van der Waals surface area contributed by atoms with E-state index >= 15 is 0 Å². The van der Waals surface area contributed by atoms with Gasteiger partial charge in [0.15, 0.2) is 0 Å². The average Bonchev–Trinajstić information content (AvgIpc) is 2.39. The lowest BCUT2D eigenvalue weighted by molar-refractivity contribution is -0.137. The predicted octanol–water partition coefficient (Wildman–Crippen LogP) is 2.96. The summed E-state index contributed by atoms with van der Waals surface area (Å²) in [6.07, 6.45) is 4.81. The van der Waals surface area contributed by atoms with E-state index in [2.05, 4.69) is 5.32 Å². The van der Waals surface area contributed by atoms with Crippen molar-refractivity contribution in [2.45, 2.75) is 19.8 Å². The molecule has 98 valence electrons. The monoisotopic (exact) mass is 249 g/mol. The molecule has 0 aliphatic carbocycles. The lowest BCUT2D eigenvalue weighted by Gasteiger charge is -2.06. The van der Waals surface area contributed by atoms with Crippen molar-refractivity contribution in [3.8, 4) is 5.75 Å². The van der Waals surface area contributed by atoms with Crippen molar-refractivity contribution >= 4 is 11.7 Å². The zero-order valence-corrected chi connectivity index (χ0v) is 10.8. The highest BCUT2D eigenvalue weighted by Gasteiger charge is 1.99. The number of carbonyl (C=O) groups excluding carboxylic acids is 1. The Morgan fingerprint density at radius 1 is 1.39 bits per heavy atom. The number of hydrogen-bond donors (Lipinski definition) is 1. The highest BCUT2D eigenvalue weighted by atomic mass is 16.5. The molecule has 0 aromatic heterocycles. The standard InChI is InChI=1S/C14H19NO3/c1-3-4-11-18-14(16)9-10-15-12-7-5-6-8-13(12)17-2/h5-10,15H,3-4,11H2,1-2H3/b10-9+. The van der Waals surface area contributed by atoms with Crippen molar-refractivity contribution < 1.29 is 14.3 Å². The van der Waals surface area contributed by atoms with Gasteiger partial charge in [-0.05, 0) is 18.6 Å². The van der Waals surface area contributed by atoms with Crippen LogP contribution in [0, 0.1) is 0 Å². The number of anilines is 1. The molecule has 1 aromatic rings. The molecule has 18 heavy (non-hydrogen) atoms. The SMILES string of the molecule is CCCCOC(=O)/C=C/Nc1ccccc1OC. The first-order chi connectivity index (χ1) is 8.77. The maximum Gasteiger partial charge on any atom is 0.332 e. The Bertz CT molecular complexity index is 402. The van der Waals surface area contributed by atoms with Crippen LogP contribution in [0.2, 0.25) is 0 Å². The van der Waals surface area contributed by atoms with Crippen LogP contribution in [0.15, 0.2) is 36.5 Å². The number of ether oxygens (including phenoxy) is 2. The van der Waals surface area contributed by atoms with Crippen molar-refractivity contribution in [2.24, 2.45) is 0 Å². The predicted molar refractivity (Wildman–Crippen MR) is 71.6 cm³/mol. The number of esters is 1. The van der Waals surface area contributed by atoms with Gasteiger partial charge >= 0.3 is 5.97 Å². The molecule has 0 spiro atoms. The number of para-hydroxylation sites is 2. The summed E-state index contributed by atoms with van der Waals surface area (Å²) in [7, 11) is 1.60. The molecule has 0 bridgehead atoms. The number of carbonyl (C=O) groups is 1. The number of unbranched alkanes of at least 4 members (excludes halogenated alkanes) is 1. The van der Waals surface area contributed by atoms with Crippen molar-refractivity contribution in [3.05, 3.63) is 36.5 Å². The third kappa shape index (κ3) is 4.91. The Balaban J connectivity index is 2.41. The van der Waals surface area contributed by atoms with E-state index in [9.17, 15) is 4.79 Å². The van der Waals surface area contributed by atoms with Gasteiger partial charge in [0.2, 0.25) is 0 Å². The van der Waals surface area contributed by atoms with Crippen LogP contribution in [-0.2, 0) is 9.53 Å². The number of nitrogens with one attached hydrogen (secondary N) is 1. The van der Waals surface area contributed by atoms with Crippen LogP contribution in [0.3, 0.4) is 0 Å². The molecule has 0 saturated heterocycles. The maximum absolute atomic E-state index is 11.3. The first-order valence-electron chi connectivity index (χ1n) is 6.00. The van der Waals surface area contributed by atoms with E-state index in [0.717, 1.165) is 24.3 Å². The normalized spacial score (nSPS) is 10.3. The summed E-state index contributed by atoms with van der Waals surface area (Å²) in [6.45, 7) is 2.52. The van der Waals surface area contributed by atoms with Gasteiger partial charge in [0, 0.05) is 12.3 Å². The smallest absolute Gasteiger partial charge is 0.332 e. The van der Waals surface area contributed by atoms with Crippen LogP contribution in [-0.4, -0.2) is 19.7 Å². The van der Waals surface area contributed by atoms with Crippen molar-refractivity contribution in [3.63, 3.8) is 0 Å². The third-order valence-corrected chi connectivity index (χ3v) is 2.31. The van der Waals surface area contributed by atoms with Crippen LogP contribution in [0.5, 0.6) is 5.75 Å². The number of benzene rings is 1. The van der Waals surface area contributed by atoms with Gasteiger partial charge in [-0.15, -0.1) is 0 Å². The summed E-state index contributed by atoms with van der Waals surface area (Å²) in [5.74, 6) is 0.382. The van der Waals surface area contributed by atoms with Gasteiger partial charge in [0.25, 0.3) is 0 Å². The van der Waals surface area contributed by atoms with Crippen LogP contribution in [0.25, 0.3) is 0 Å². The van der Waals surface area contributed by atoms with Crippen LogP contribution in [0.1, 0.15) is 19.8 Å². The lowest BCUT2D eigenvalue weighted by atomic mass is 10.3. The summed E-state index contributed by atoms with van der Waals surface area (Å²) in [5.41, 5.74) is 0.803. The zero-order chi connectivity index (χ0) is 13.2. The topological polar surface area (TPSA) is 47.6 Å². The van der Waals surface area contributed by atoms with Gasteiger partial charge < -0.3 is 14.8 Å². The highest BCUT2D eigenvalue weighted by Crippen LogP contribution is 2.22. The van der Waals surface area contributed by atoms with E-state index < -0.39 is 0 Å². The van der Waals surface area contributed by atoms with Gasteiger partial charge in [-0.1, -0.05) is 25.5 Å². The molecule has 4 nitrogen and oxygen atoms in total. The summed E-state index contributed by atoms with van der Waals surface area (Å²) >= 11 is 0. The van der Waals surface area contributed by atoms with E-state index in [1.807, 2.05) is 31.2 Å². The van der Waals surface area contributed by atoms with Gasteiger partial charge in [-0.2, -0.15) is 0 Å². The fourth-order valence-electron chi connectivity index (χ4n) is 1.33. The first-order valence-corrected chi connectivity index (χ1v) is 6.00. The highest BCUT2D eigenvalue weighted by molar-refractivity contribution is 5.82. The number of methoxy groups -OCH3 is 1. The molecule has 4 heteroatoms. The van der Waals surface area contributed by atoms with Gasteiger partial charge in [-0.3, -0.25) is 0 Å². The Hall–Kier alpha value is -1.97. The molecule has 1 N–H and O–H groups in total. The van der Waals surface area contributed by atoms with Gasteiger partial charge in [0.1, 0.15) is 5.75 Å². The molecule has 0 radical (unpaired) electrons. The van der Waals surface area contributed by atoms with E-state index in [-0.39, 0.29) is 5.97 Å². The molecule has 0 aliphatic heterocycles. The van der Waals surface area contributed by atoms with Crippen LogP contribution >= 0.6 is 0 Å². The Morgan fingerprint density at radius 2 is 2.17 bits per heavy atom. The minimum Gasteiger partial charge on any atom is -0.495 e. The largest absolute Gasteiger partial charge is 0.495 e. The van der Waals surface area contributed by atoms with E-state index in [0.29, 0.717) is 6.61 Å². The van der Waals surface area contributed by atoms with Crippen molar-refractivity contribution in [1.29, 1.82) is 0 Å². The molecule has 1 rings (SSSR count). The molecule has 0 heterocycles. The first kappa shape index (κ1) is 14.1. The van der Waals surface area contributed by atoms with Crippen LogP contribution < -0.4 is 10.1 Å². The van der Waals surface area contributed by atoms with E-state index in [1.54, 1.807) is 13.3 Å². The maximum atomic E-state index is 11.3. The molecule has 1 aromatic carbocycles. The van der Waals surface area contributed by atoms with Crippen molar-refractivity contribution in [2.75, 3.05) is 19.0 Å². The summed E-state index contributed by atoms with van der Waals surface area (Å²) in [5, 5.41) is 2.98. The molecule has 0 fully saturated rings. The Labute approximate surface area is 108 Å². The molecule has 0 aliphatic rings. The van der Waals surface area contributed by atoms with E-state index in [1.165, 1.54) is 6.08 Å². The minimum atomic E-state index is -0.342.